The first-order chi connectivity index (χ1) is 6.98. The number of hydrogen-bond acceptors (Lipinski definition) is 3. The molecule has 0 rings (SSSR count). The fourth-order valence-corrected chi connectivity index (χ4v) is 1.35. The van der Waals surface area contributed by atoms with Crippen LogP contribution in [-0.4, -0.2) is 30.7 Å². The van der Waals surface area contributed by atoms with Crippen molar-refractivity contribution < 1.29 is 9.90 Å². The molecule has 0 aromatic rings. The molecule has 0 saturated heterocycles. The van der Waals surface area contributed by atoms with E-state index in [0.29, 0.717) is 0 Å². The molecular formula is C11H24N2O2. The lowest BCUT2D eigenvalue weighted by Gasteiger charge is -2.23. The number of nitrogens with two attached hydrogens (primary N) is 1. The smallest absolute Gasteiger partial charge is 0.303 e. The Morgan fingerprint density at radius 3 is 2.53 bits per heavy atom. The molecule has 15 heavy (non-hydrogen) atoms. The van der Waals surface area contributed by atoms with Gasteiger partial charge in [-0.15, -0.1) is 0 Å². The average Bonchev–Trinajstić information content (AvgIpc) is 2.15. The molecule has 0 heterocycles. The lowest BCUT2D eigenvalue weighted by atomic mass is 9.84. The third kappa shape index (κ3) is 9.69. The maximum Gasteiger partial charge on any atom is 0.303 e. The largest absolute Gasteiger partial charge is 0.481 e. The molecule has 90 valence electrons. The van der Waals surface area contributed by atoms with Crippen LogP contribution >= 0.6 is 0 Å². The zero-order valence-electron chi connectivity index (χ0n) is 9.88. The molecule has 0 atom stereocenters. The van der Waals surface area contributed by atoms with Crippen molar-refractivity contribution in [2.75, 3.05) is 19.6 Å². The Kier molecular flexibility index (Phi) is 7.34. The van der Waals surface area contributed by atoms with Crippen LogP contribution in [0.4, 0.5) is 0 Å². The van der Waals surface area contributed by atoms with E-state index in [2.05, 4.69) is 19.2 Å². The first kappa shape index (κ1) is 14.4. The summed E-state index contributed by atoms with van der Waals surface area (Å²) in [7, 11) is 0. The summed E-state index contributed by atoms with van der Waals surface area (Å²) in [6.07, 6.45) is 3.00. The third-order valence-electron chi connectivity index (χ3n) is 2.55. The summed E-state index contributed by atoms with van der Waals surface area (Å²) < 4.78 is 0. The second-order valence-corrected chi connectivity index (χ2v) is 4.70. The van der Waals surface area contributed by atoms with Gasteiger partial charge in [0, 0.05) is 6.42 Å². The fraction of sp³-hybridized carbons (Fsp3) is 0.909. The van der Waals surface area contributed by atoms with E-state index in [9.17, 15) is 4.79 Å². The molecule has 0 aromatic carbocycles. The van der Waals surface area contributed by atoms with Crippen LogP contribution in [0.3, 0.4) is 0 Å². The van der Waals surface area contributed by atoms with Gasteiger partial charge in [-0.1, -0.05) is 13.8 Å². The van der Waals surface area contributed by atoms with Gasteiger partial charge in [0.25, 0.3) is 0 Å². The van der Waals surface area contributed by atoms with Crippen LogP contribution in [0, 0.1) is 5.41 Å². The highest BCUT2D eigenvalue weighted by molar-refractivity contribution is 5.66. The van der Waals surface area contributed by atoms with Crippen LogP contribution in [0.2, 0.25) is 0 Å². The highest BCUT2D eigenvalue weighted by atomic mass is 16.4. The van der Waals surface area contributed by atoms with Gasteiger partial charge in [0.15, 0.2) is 0 Å². The normalized spacial score (nSPS) is 11.7. The number of aliphatic carboxylic acids is 1. The molecule has 4 nitrogen and oxygen atoms in total. The van der Waals surface area contributed by atoms with E-state index in [0.717, 1.165) is 38.9 Å². The van der Waals surface area contributed by atoms with Crippen molar-refractivity contribution in [2.45, 2.75) is 39.5 Å². The second-order valence-electron chi connectivity index (χ2n) is 4.70. The van der Waals surface area contributed by atoms with Gasteiger partial charge in [0.05, 0.1) is 0 Å². The topological polar surface area (TPSA) is 75.3 Å². The van der Waals surface area contributed by atoms with Crippen LogP contribution < -0.4 is 11.1 Å². The minimum Gasteiger partial charge on any atom is -0.481 e. The summed E-state index contributed by atoms with van der Waals surface area (Å²) in [6.45, 7) is 6.83. The highest BCUT2D eigenvalue weighted by Gasteiger charge is 2.18. The fourth-order valence-electron chi connectivity index (χ4n) is 1.35. The molecule has 0 bridgehead atoms. The number of nitrogens with one attached hydrogen (secondary N) is 1. The summed E-state index contributed by atoms with van der Waals surface area (Å²) in [5.41, 5.74) is 5.48. The number of carboxylic acid groups (broad SMARTS) is 1. The number of rotatable bonds is 9. The molecule has 0 aliphatic heterocycles. The average molecular weight is 216 g/mol. The van der Waals surface area contributed by atoms with Crippen molar-refractivity contribution in [2.24, 2.45) is 11.1 Å². The molecule has 0 saturated carbocycles. The van der Waals surface area contributed by atoms with E-state index in [4.69, 9.17) is 10.8 Å². The minimum absolute atomic E-state index is 0.105. The number of carboxylic acids is 1. The van der Waals surface area contributed by atoms with Crippen LogP contribution in [0.1, 0.15) is 39.5 Å². The zero-order valence-corrected chi connectivity index (χ0v) is 9.88. The first-order valence-electron chi connectivity index (χ1n) is 5.60. The van der Waals surface area contributed by atoms with Crippen molar-refractivity contribution in [3.05, 3.63) is 0 Å². The van der Waals surface area contributed by atoms with E-state index in [1.165, 1.54) is 0 Å². The van der Waals surface area contributed by atoms with Gasteiger partial charge < -0.3 is 16.2 Å². The molecule has 0 amide bonds. The molecule has 0 unspecified atom stereocenters. The number of carbonyl (C=O) groups is 1. The summed E-state index contributed by atoms with van der Waals surface area (Å²) >= 11 is 0. The van der Waals surface area contributed by atoms with Crippen LogP contribution in [0.15, 0.2) is 0 Å². The Hall–Kier alpha value is -0.610. The van der Waals surface area contributed by atoms with Gasteiger partial charge in [-0.05, 0) is 44.3 Å². The Morgan fingerprint density at radius 2 is 2.00 bits per heavy atom. The monoisotopic (exact) mass is 216 g/mol. The van der Waals surface area contributed by atoms with E-state index in [1.54, 1.807) is 0 Å². The van der Waals surface area contributed by atoms with Gasteiger partial charge in [0.1, 0.15) is 0 Å². The highest BCUT2D eigenvalue weighted by Crippen LogP contribution is 2.25. The summed E-state index contributed by atoms with van der Waals surface area (Å²) in [4.78, 5) is 10.4. The van der Waals surface area contributed by atoms with Crippen molar-refractivity contribution >= 4 is 5.97 Å². The van der Waals surface area contributed by atoms with Crippen LogP contribution in [0.25, 0.3) is 0 Å². The lowest BCUT2D eigenvalue weighted by molar-refractivity contribution is -0.137. The minimum atomic E-state index is -0.709. The standard InChI is InChI=1S/C11H24N2O2/c1-11(2,5-4-10(14)15)6-9-13-8-3-7-12/h13H,3-9,12H2,1-2H3,(H,14,15). The van der Waals surface area contributed by atoms with Gasteiger partial charge in [0.2, 0.25) is 0 Å². The third-order valence-corrected chi connectivity index (χ3v) is 2.55. The van der Waals surface area contributed by atoms with Gasteiger partial charge >= 0.3 is 5.97 Å². The van der Waals surface area contributed by atoms with Crippen molar-refractivity contribution in [1.29, 1.82) is 0 Å². The molecule has 4 N–H and O–H groups in total. The molecule has 0 aliphatic rings. The van der Waals surface area contributed by atoms with E-state index >= 15 is 0 Å². The van der Waals surface area contributed by atoms with Crippen molar-refractivity contribution in [1.82, 2.24) is 5.32 Å². The van der Waals surface area contributed by atoms with E-state index in [-0.39, 0.29) is 11.8 Å². The first-order valence-corrected chi connectivity index (χ1v) is 5.60. The quantitative estimate of drug-likeness (QED) is 0.506. The Bertz CT molecular complexity index is 181. The van der Waals surface area contributed by atoms with Crippen molar-refractivity contribution in [3.63, 3.8) is 0 Å². The SMILES string of the molecule is CC(C)(CCNCCCN)CCC(=O)O. The van der Waals surface area contributed by atoms with Crippen LogP contribution in [0.5, 0.6) is 0 Å². The van der Waals surface area contributed by atoms with Gasteiger partial charge in [-0.25, -0.2) is 0 Å². The molecule has 0 aliphatic carbocycles. The molecular weight excluding hydrogens is 192 g/mol. The van der Waals surface area contributed by atoms with Gasteiger partial charge in [-0.3, -0.25) is 4.79 Å². The lowest BCUT2D eigenvalue weighted by Crippen LogP contribution is -2.25. The van der Waals surface area contributed by atoms with Gasteiger partial charge in [-0.2, -0.15) is 0 Å². The van der Waals surface area contributed by atoms with Crippen molar-refractivity contribution in [3.8, 4) is 0 Å². The zero-order chi connectivity index (χ0) is 11.7. The predicted molar refractivity (Wildman–Crippen MR) is 61.8 cm³/mol. The molecule has 0 fully saturated rings. The molecule has 0 radical (unpaired) electrons. The Morgan fingerprint density at radius 1 is 1.33 bits per heavy atom. The molecule has 4 heteroatoms. The molecule has 0 aromatic heterocycles. The maximum absolute atomic E-state index is 10.4. The predicted octanol–water partition coefficient (Wildman–Crippen LogP) is 1.21. The Balaban J connectivity index is 3.50. The Labute approximate surface area is 92.2 Å². The summed E-state index contributed by atoms with van der Waals surface area (Å²) in [6, 6.07) is 0. The summed E-state index contributed by atoms with van der Waals surface area (Å²) in [5.74, 6) is -0.709. The molecule has 0 spiro atoms. The van der Waals surface area contributed by atoms with E-state index in [1.807, 2.05) is 0 Å². The van der Waals surface area contributed by atoms with Crippen LogP contribution in [-0.2, 0) is 4.79 Å². The maximum atomic E-state index is 10.4. The van der Waals surface area contributed by atoms with E-state index < -0.39 is 5.97 Å². The summed E-state index contributed by atoms with van der Waals surface area (Å²) in [5, 5.41) is 11.9. The second kappa shape index (κ2) is 7.65. The number of hydrogen-bond donors (Lipinski definition) is 3.